The molecule has 2 aliphatic rings. The van der Waals surface area contributed by atoms with Gasteiger partial charge in [-0.1, -0.05) is 17.7 Å². The van der Waals surface area contributed by atoms with Crippen molar-refractivity contribution in [3.63, 3.8) is 0 Å². The lowest BCUT2D eigenvalue weighted by molar-refractivity contribution is 0.122. The standard InChI is InChI=1S/C28H26ClF2N5O/c1-16-26(21-4-2-3-7-32-21)34-22-14-20(30)19(12-17-5-6-17)25(31)24(22)27(16)35-23-13-18(15-33-28(23)29)36-8-10-37-11-9-36/h2-4,7,13-15,17H,5-6,8-12H2,1H3,(H,34,35). The lowest BCUT2D eigenvalue weighted by atomic mass is 9.99. The Labute approximate surface area is 218 Å². The molecule has 0 bridgehead atoms. The van der Waals surface area contributed by atoms with Crippen molar-refractivity contribution < 1.29 is 13.5 Å². The zero-order valence-electron chi connectivity index (χ0n) is 20.4. The molecule has 0 atom stereocenters. The predicted molar refractivity (Wildman–Crippen MR) is 142 cm³/mol. The predicted octanol–water partition coefficient (Wildman–Crippen LogP) is 6.46. The smallest absolute Gasteiger partial charge is 0.152 e. The van der Waals surface area contributed by atoms with Gasteiger partial charge >= 0.3 is 0 Å². The summed E-state index contributed by atoms with van der Waals surface area (Å²) < 4.78 is 36.6. The zero-order chi connectivity index (χ0) is 25.5. The number of halogens is 3. The molecule has 3 aromatic heterocycles. The Bertz CT molecular complexity index is 1470. The Balaban J connectivity index is 1.53. The number of pyridine rings is 3. The van der Waals surface area contributed by atoms with Gasteiger partial charge in [-0.2, -0.15) is 0 Å². The van der Waals surface area contributed by atoms with Crippen molar-refractivity contribution in [1.29, 1.82) is 0 Å². The van der Waals surface area contributed by atoms with Gasteiger partial charge in [0, 0.05) is 36.5 Å². The van der Waals surface area contributed by atoms with Crippen molar-refractivity contribution in [3.05, 3.63) is 70.6 Å². The summed E-state index contributed by atoms with van der Waals surface area (Å²) in [7, 11) is 0. The average Bonchev–Trinajstić information content (AvgIpc) is 3.74. The second-order valence-electron chi connectivity index (χ2n) is 9.62. The number of hydrogen-bond acceptors (Lipinski definition) is 6. The SMILES string of the molecule is Cc1c(-c2ccccn2)nc2cc(F)c(CC3CC3)c(F)c2c1Nc1cc(N2CCOCC2)cnc1Cl. The van der Waals surface area contributed by atoms with Crippen LogP contribution in [-0.2, 0) is 11.2 Å². The molecule has 0 unspecified atom stereocenters. The number of nitrogens with one attached hydrogen (secondary N) is 1. The highest BCUT2D eigenvalue weighted by Gasteiger charge is 2.28. The lowest BCUT2D eigenvalue weighted by Gasteiger charge is -2.29. The van der Waals surface area contributed by atoms with E-state index in [-0.39, 0.29) is 21.6 Å². The average molecular weight is 522 g/mol. The van der Waals surface area contributed by atoms with Gasteiger partial charge in [0.2, 0.25) is 0 Å². The van der Waals surface area contributed by atoms with Crippen LogP contribution in [0.5, 0.6) is 0 Å². The summed E-state index contributed by atoms with van der Waals surface area (Å²) in [4.78, 5) is 15.6. The van der Waals surface area contributed by atoms with Crippen molar-refractivity contribution in [1.82, 2.24) is 15.0 Å². The van der Waals surface area contributed by atoms with E-state index in [2.05, 4.69) is 25.2 Å². The highest BCUT2D eigenvalue weighted by Crippen LogP contribution is 2.41. The van der Waals surface area contributed by atoms with Gasteiger partial charge in [0.1, 0.15) is 11.6 Å². The maximum Gasteiger partial charge on any atom is 0.152 e. The summed E-state index contributed by atoms with van der Waals surface area (Å²) in [5.74, 6) is -0.829. The molecule has 190 valence electrons. The van der Waals surface area contributed by atoms with Crippen LogP contribution in [-0.4, -0.2) is 41.3 Å². The molecular weight excluding hydrogens is 496 g/mol. The fourth-order valence-electron chi connectivity index (χ4n) is 4.84. The molecule has 1 saturated heterocycles. The van der Waals surface area contributed by atoms with Crippen molar-refractivity contribution in [2.75, 3.05) is 36.5 Å². The third-order valence-electron chi connectivity index (χ3n) is 7.06. The monoisotopic (exact) mass is 521 g/mol. The van der Waals surface area contributed by atoms with Crippen LogP contribution in [0.1, 0.15) is 24.0 Å². The minimum atomic E-state index is -0.582. The van der Waals surface area contributed by atoms with E-state index in [1.165, 1.54) is 6.07 Å². The van der Waals surface area contributed by atoms with E-state index in [9.17, 15) is 0 Å². The first-order valence-electron chi connectivity index (χ1n) is 12.5. The fourth-order valence-corrected chi connectivity index (χ4v) is 4.99. The fraction of sp³-hybridized carbons (Fsp3) is 0.321. The number of ether oxygens (including phenoxy) is 1. The maximum atomic E-state index is 16.1. The number of rotatable bonds is 6. The third-order valence-corrected chi connectivity index (χ3v) is 7.36. The molecule has 4 heterocycles. The summed E-state index contributed by atoms with van der Waals surface area (Å²) >= 11 is 6.52. The summed E-state index contributed by atoms with van der Waals surface area (Å²) in [6, 6.07) is 8.72. The Kier molecular flexibility index (Phi) is 6.38. The highest BCUT2D eigenvalue weighted by molar-refractivity contribution is 6.32. The van der Waals surface area contributed by atoms with Gasteiger partial charge in [0.25, 0.3) is 0 Å². The first-order valence-corrected chi connectivity index (χ1v) is 12.8. The van der Waals surface area contributed by atoms with E-state index in [0.29, 0.717) is 53.9 Å². The zero-order valence-corrected chi connectivity index (χ0v) is 21.2. The Morgan fingerprint density at radius 1 is 1.14 bits per heavy atom. The van der Waals surface area contributed by atoms with Crippen molar-refractivity contribution >= 4 is 39.6 Å². The van der Waals surface area contributed by atoms with Crippen LogP contribution < -0.4 is 10.2 Å². The van der Waals surface area contributed by atoms with Crippen molar-refractivity contribution in [2.24, 2.45) is 5.92 Å². The van der Waals surface area contributed by atoms with Crippen LogP contribution in [0.25, 0.3) is 22.3 Å². The maximum absolute atomic E-state index is 16.1. The summed E-state index contributed by atoms with van der Waals surface area (Å²) in [5, 5.41) is 3.84. The summed E-state index contributed by atoms with van der Waals surface area (Å²) in [6.45, 7) is 4.60. The largest absolute Gasteiger partial charge is 0.378 e. The van der Waals surface area contributed by atoms with Crippen LogP contribution in [0, 0.1) is 24.5 Å². The molecule has 0 spiro atoms. The molecule has 1 aliphatic heterocycles. The molecule has 2 fully saturated rings. The number of aromatic nitrogens is 3. The molecule has 1 saturated carbocycles. The number of morpholine rings is 1. The van der Waals surface area contributed by atoms with Crippen LogP contribution >= 0.6 is 11.6 Å². The highest BCUT2D eigenvalue weighted by atomic mass is 35.5. The number of benzene rings is 1. The number of fused-ring (bicyclic) bond motifs is 1. The Morgan fingerprint density at radius 3 is 2.68 bits per heavy atom. The minimum absolute atomic E-state index is 0.108. The van der Waals surface area contributed by atoms with Gasteiger partial charge in [-0.15, -0.1) is 0 Å². The molecule has 1 aromatic carbocycles. The van der Waals surface area contributed by atoms with E-state index in [1.807, 2.05) is 31.2 Å². The third kappa shape index (κ3) is 4.71. The second kappa shape index (κ2) is 9.84. The van der Waals surface area contributed by atoms with Crippen molar-refractivity contribution in [3.8, 4) is 11.4 Å². The van der Waals surface area contributed by atoms with Crippen LogP contribution in [0.2, 0.25) is 5.15 Å². The minimum Gasteiger partial charge on any atom is -0.378 e. The second-order valence-corrected chi connectivity index (χ2v) is 9.98. The molecule has 37 heavy (non-hydrogen) atoms. The summed E-state index contributed by atoms with van der Waals surface area (Å²) in [6.07, 6.45) is 5.75. The lowest BCUT2D eigenvalue weighted by Crippen LogP contribution is -2.36. The molecule has 6 nitrogen and oxygen atoms in total. The summed E-state index contributed by atoms with van der Waals surface area (Å²) in [5.41, 5.74) is 4.05. The molecule has 1 aliphatic carbocycles. The van der Waals surface area contributed by atoms with E-state index in [0.717, 1.165) is 31.6 Å². The van der Waals surface area contributed by atoms with Gasteiger partial charge in [0.15, 0.2) is 5.15 Å². The Morgan fingerprint density at radius 2 is 1.95 bits per heavy atom. The van der Waals surface area contributed by atoms with E-state index < -0.39 is 11.6 Å². The normalized spacial score (nSPS) is 15.8. The number of anilines is 3. The Hall–Kier alpha value is -3.36. The number of hydrogen-bond donors (Lipinski definition) is 1. The van der Waals surface area contributed by atoms with Gasteiger partial charge in [0.05, 0.1) is 58.8 Å². The van der Waals surface area contributed by atoms with Crippen molar-refractivity contribution in [2.45, 2.75) is 26.2 Å². The quantitative estimate of drug-likeness (QED) is 0.294. The molecule has 6 rings (SSSR count). The van der Waals surface area contributed by atoms with E-state index in [4.69, 9.17) is 16.3 Å². The molecule has 9 heteroatoms. The van der Waals surface area contributed by atoms with Gasteiger partial charge in [-0.3, -0.25) is 4.98 Å². The molecular formula is C28H26ClF2N5O. The van der Waals surface area contributed by atoms with Crippen LogP contribution in [0.4, 0.5) is 25.8 Å². The van der Waals surface area contributed by atoms with E-state index >= 15 is 8.78 Å². The first kappa shape index (κ1) is 24.0. The van der Waals surface area contributed by atoms with E-state index in [1.54, 1.807) is 12.4 Å². The van der Waals surface area contributed by atoms with Gasteiger partial charge in [-0.05, 0) is 50.3 Å². The van der Waals surface area contributed by atoms with Gasteiger partial charge in [-0.25, -0.2) is 18.7 Å². The molecule has 0 radical (unpaired) electrons. The van der Waals surface area contributed by atoms with Crippen LogP contribution in [0.3, 0.4) is 0 Å². The first-order chi connectivity index (χ1) is 18.0. The number of nitrogens with zero attached hydrogens (tertiary/aromatic N) is 4. The topological polar surface area (TPSA) is 63.2 Å². The molecule has 4 aromatic rings. The van der Waals surface area contributed by atoms with Gasteiger partial charge < -0.3 is 15.0 Å². The molecule has 0 amide bonds. The van der Waals surface area contributed by atoms with Crippen LogP contribution in [0.15, 0.2) is 42.7 Å². The molecule has 1 N–H and O–H groups in total.